The van der Waals surface area contributed by atoms with Crippen molar-refractivity contribution in [1.29, 1.82) is 0 Å². The Kier molecular flexibility index (Phi) is 5.96. The van der Waals surface area contributed by atoms with Gasteiger partial charge in [0.05, 0.1) is 18.4 Å². The third kappa shape index (κ3) is 4.26. The van der Waals surface area contributed by atoms with E-state index in [0.29, 0.717) is 22.0 Å². The number of amides is 1. The number of ether oxygens (including phenoxy) is 1. The molecule has 0 bridgehead atoms. The van der Waals surface area contributed by atoms with Crippen LogP contribution >= 0.6 is 11.6 Å². The molecular weight excluding hydrogens is 352 g/mol. The fraction of sp³-hybridized carbons (Fsp3) is 0.368. The third-order valence-electron chi connectivity index (χ3n) is 4.56. The summed E-state index contributed by atoms with van der Waals surface area (Å²) in [7, 11) is 1.55. The van der Waals surface area contributed by atoms with Crippen molar-refractivity contribution in [2.45, 2.75) is 6.92 Å². The second-order valence-corrected chi connectivity index (χ2v) is 6.56. The molecule has 0 unspecified atom stereocenters. The Hall–Kier alpha value is -2.31. The maximum absolute atomic E-state index is 12.5. The number of hydrogen-bond acceptors (Lipinski definition) is 5. The molecule has 7 heteroatoms. The van der Waals surface area contributed by atoms with Crippen LogP contribution in [0.4, 0.5) is 11.5 Å². The van der Waals surface area contributed by atoms with E-state index in [9.17, 15) is 4.79 Å². The Labute approximate surface area is 158 Å². The minimum absolute atomic E-state index is 0.250. The van der Waals surface area contributed by atoms with E-state index in [0.717, 1.165) is 38.5 Å². The van der Waals surface area contributed by atoms with Crippen LogP contribution in [0.1, 0.15) is 17.3 Å². The highest BCUT2D eigenvalue weighted by Gasteiger charge is 2.17. The van der Waals surface area contributed by atoms with Crippen molar-refractivity contribution in [3.63, 3.8) is 0 Å². The molecule has 1 aliphatic rings. The summed E-state index contributed by atoms with van der Waals surface area (Å²) in [6.45, 7) is 7.23. The van der Waals surface area contributed by atoms with Crippen LogP contribution in [0.3, 0.4) is 0 Å². The summed E-state index contributed by atoms with van der Waals surface area (Å²) in [4.78, 5) is 21.6. The number of piperazine rings is 1. The van der Waals surface area contributed by atoms with Crippen molar-refractivity contribution in [3.8, 4) is 5.75 Å². The van der Waals surface area contributed by atoms with Gasteiger partial charge in [0, 0.05) is 37.4 Å². The maximum atomic E-state index is 12.5. The van der Waals surface area contributed by atoms with Crippen molar-refractivity contribution in [2.75, 3.05) is 50.1 Å². The molecule has 0 radical (unpaired) electrons. The van der Waals surface area contributed by atoms with Gasteiger partial charge in [0.1, 0.15) is 11.6 Å². The number of aromatic nitrogens is 1. The van der Waals surface area contributed by atoms with Crippen molar-refractivity contribution < 1.29 is 9.53 Å². The third-order valence-corrected chi connectivity index (χ3v) is 4.80. The van der Waals surface area contributed by atoms with E-state index in [4.69, 9.17) is 16.3 Å². The lowest BCUT2D eigenvalue weighted by Crippen LogP contribution is -2.46. The zero-order valence-corrected chi connectivity index (χ0v) is 15.8. The second-order valence-electron chi connectivity index (χ2n) is 6.13. The van der Waals surface area contributed by atoms with Crippen molar-refractivity contribution >= 4 is 29.0 Å². The van der Waals surface area contributed by atoms with E-state index in [2.05, 4.69) is 27.0 Å². The average Bonchev–Trinajstić information content (AvgIpc) is 2.68. The summed E-state index contributed by atoms with van der Waals surface area (Å²) in [6.07, 6.45) is 1.61. The summed E-state index contributed by atoms with van der Waals surface area (Å²) in [6, 6.07) is 8.78. The number of nitrogens with one attached hydrogen (secondary N) is 1. The molecule has 138 valence electrons. The van der Waals surface area contributed by atoms with Crippen molar-refractivity contribution in [2.24, 2.45) is 0 Å². The first-order valence-corrected chi connectivity index (χ1v) is 9.06. The molecule has 2 aromatic rings. The number of anilines is 2. The highest BCUT2D eigenvalue weighted by molar-refractivity contribution is 6.31. The van der Waals surface area contributed by atoms with E-state index in [1.807, 2.05) is 6.07 Å². The molecule has 0 atom stereocenters. The number of carbonyl (C=O) groups is 1. The van der Waals surface area contributed by atoms with Crippen LogP contribution in [0.15, 0.2) is 36.5 Å². The minimum atomic E-state index is -0.250. The van der Waals surface area contributed by atoms with Gasteiger partial charge in [-0.15, -0.1) is 0 Å². The predicted octanol–water partition coefficient (Wildman–Crippen LogP) is 3.14. The Bertz CT molecular complexity index is 759. The Morgan fingerprint density at radius 3 is 2.62 bits per heavy atom. The van der Waals surface area contributed by atoms with Crippen molar-refractivity contribution in [3.05, 3.63) is 47.1 Å². The van der Waals surface area contributed by atoms with Gasteiger partial charge in [0.15, 0.2) is 0 Å². The number of likely N-dealkylation sites (N-methyl/N-ethyl adjacent to an activating group) is 1. The Morgan fingerprint density at radius 1 is 1.23 bits per heavy atom. The molecule has 1 aromatic heterocycles. The first-order chi connectivity index (χ1) is 12.6. The maximum Gasteiger partial charge on any atom is 0.257 e. The predicted molar refractivity (Wildman–Crippen MR) is 105 cm³/mol. The topological polar surface area (TPSA) is 57.7 Å². The van der Waals surface area contributed by atoms with Crippen LogP contribution in [-0.2, 0) is 0 Å². The summed E-state index contributed by atoms with van der Waals surface area (Å²) in [5.74, 6) is 1.21. The van der Waals surface area contributed by atoms with Gasteiger partial charge in [-0.1, -0.05) is 18.5 Å². The molecule has 1 saturated heterocycles. The van der Waals surface area contributed by atoms with Gasteiger partial charge in [-0.05, 0) is 36.9 Å². The highest BCUT2D eigenvalue weighted by Crippen LogP contribution is 2.28. The summed E-state index contributed by atoms with van der Waals surface area (Å²) in [5.41, 5.74) is 1.02. The molecular formula is C19H23ClN4O2. The molecule has 26 heavy (non-hydrogen) atoms. The Balaban J connectivity index is 1.67. The summed E-state index contributed by atoms with van der Waals surface area (Å²) < 4.78 is 5.25. The van der Waals surface area contributed by atoms with Gasteiger partial charge in [0.25, 0.3) is 5.91 Å². The lowest BCUT2D eigenvalue weighted by Gasteiger charge is -2.34. The lowest BCUT2D eigenvalue weighted by atomic mass is 10.2. The van der Waals surface area contributed by atoms with Gasteiger partial charge < -0.3 is 19.9 Å². The molecule has 1 N–H and O–H groups in total. The van der Waals surface area contributed by atoms with Gasteiger partial charge >= 0.3 is 0 Å². The molecule has 0 spiro atoms. The molecule has 3 rings (SSSR count). The minimum Gasteiger partial charge on any atom is -0.495 e. The zero-order valence-electron chi connectivity index (χ0n) is 15.0. The molecule has 1 aliphatic heterocycles. The number of methoxy groups -OCH3 is 1. The van der Waals surface area contributed by atoms with E-state index in [1.54, 1.807) is 37.6 Å². The fourth-order valence-corrected chi connectivity index (χ4v) is 3.15. The molecule has 1 fully saturated rings. The van der Waals surface area contributed by atoms with Crippen molar-refractivity contribution in [1.82, 2.24) is 9.88 Å². The number of rotatable bonds is 5. The first kappa shape index (κ1) is 18.5. The highest BCUT2D eigenvalue weighted by atomic mass is 35.5. The number of nitrogens with zero attached hydrogens (tertiary/aromatic N) is 3. The quantitative estimate of drug-likeness (QED) is 0.871. The number of hydrogen-bond donors (Lipinski definition) is 1. The molecule has 1 amide bonds. The number of carbonyl (C=O) groups excluding carboxylic acids is 1. The number of halogens is 1. The van der Waals surface area contributed by atoms with Crippen LogP contribution in [0.2, 0.25) is 5.02 Å². The van der Waals surface area contributed by atoms with E-state index in [1.165, 1.54) is 0 Å². The van der Waals surface area contributed by atoms with E-state index >= 15 is 0 Å². The Morgan fingerprint density at radius 2 is 2.00 bits per heavy atom. The standard InChI is InChI=1S/C19H23ClN4O2/c1-3-23-8-10-24(11-9-23)18-7-4-14(13-21-18)19(25)22-16-12-15(20)5-6-17(16)26-2/h4-7,12-13H,3,8-11H2,1-2H3,(H,22,25). The van der Waals surface area contributed by atoms with Gasteiger partial charge in [-0.3, -0.25) is 4.79 Å². The van der Waals surface area contributed by atoms with Crippen LogP contribution < -0.4 is 15.0 Å². The van der Waals surface area contributed by atoms with Gasteiger partial charge in [0.2, 0.25) is 0 Å². The average molecular weight is 375 g/mol. The molecule has 0 saturated carbocycles. The van der Waals surface area contributed by atoms with E-state index in [-0.39, 0.29) is 5.91 Å². The molecule has 6 nitrogen and oxygen atoms in total. The van der Waals surface area contributed by atoms with Crippen LogP contribution in [-0.4, -0.2) is 55.6 Å². The normalized spacial score (nSPS) is 15.0. The number of benzene rings is 1. The fourth-order valence-electron chi connectivity index (χ4n) is 2.97. The van der Waals surface area contributed by atoms with E-state index < -0.39 is 0 Å². The van der Waals surface area contributed by atoms with Crippen LogP contribution in [0.25, 0.3) is 0 Å². The van der Waals surface area contributed by atoms with Crippen LogP contribution in [0.5, 0.6) is 5.75 Å². The van der Waals surface area contributed by atoms with Gasteiger partial charge in [-0.25, -0.2) is 4.98 Å². The molecule has 2 heterocycles. The smallest absolute Gasteiger partial charge is 0.257 e. The number of pyridine rings is 1. The second kappa shape index (κ2) is 8.38. The SMILES string of the molecule is CCN1CCN(c2ccc(C(=O)Nc3cc(Cl)ccc3OC)cn2)CC1. The first-order valence-electron chi connectivity index (χ1n) is 8.69. The van der Waals surface area contributed by atoms with Crippen LogP contribution in [0, 0.1) is 0 Å². The largest absolute Gasteiger partial charge is 0.495 e. The van der Waals surface area contributed by atoms with Gasteiger partial charge in [-0.2, -0.15) is 0 Å². The summed E-state index contributed by atoms with van der Waals surface area (Å²) >= 11 is 6.00. The molecule has 1 aromatic carbocycles. The zero-order chi connectivity index (χ0) is 18.5. The lowest BCUT2D eigenvalue weighted by molar-refractivity contribution is 0.102. The summed E-state index contributed by atoms with van der Waals surface area (Å²) in [5, 5.41) is 3.35. The monoisotopic (exact) mass is 374 g/mol. The molecule has 0 aliphatic carbocycles.